The van der Waals surface area contributed by atoms with Gasteiger partial charge >= 0.3 is 5.97 Å². The largest absolute Gasteiger partial charge is 0.495 e. The van der Waals surface area contributed by atoms with Gasteiger partial charge in [0.1, 0.15) is 5.75 Å². The Labute approximate surface area is 136 Å². The van der Waals surface area contributed by atoms with Gasteiger partial charge in [-0.1, -0.05) is 12.1 Å². The number of ether oxygens (including phenoxy) is 2. The first-order valence-electron chi connectivity index (χ1n) is 7.82. The minimum absolute atomic E-state index is 0.0549. The van der Waals surface area contributed by atoms with Crippen LogP contribution in [-0.4, -0.2) is 50.1 Å². The van der Waals surface area contributed by atoms with Gasteiger partial charge in [-0.3, -0.25) is 14.5 Å². The molecule has 1 amide bonds. The highest BCUT2D eigenvalue weighted by Crippen LogP contribution is 2.24. The molecule has 6 heteroatoms. The highest BCUT2D eigenvalue weighted by molar-refractivity contribution is 5.95. The molecule has 0 aromatic heterocycles. The molecule has 1 atom stereocenters. The molecule has 1 heterocycles. The molecule has 0 aliphatic carbocycles. The van der Waals surface area contributed by atoms with Crippen molar-refractivity contribution in [1.29, 1.82) is 0 Å². The van der Waals surface area contributed by atoms with Crippen molar-refractivity contribution in [2.45, 2.75) is 25.8 Å². The number of methoxy groups -OCH3 is 2. The number of carbonyl (C=O) groups excluding carboxylic acids is 2. The quantitative estimate of drug-likeness (QED) is 0.839. The lowest BCUT2D eigenvalue weighted by atomic mass is 9.96. The average molecular weight is 320 g/mol. The fourth-order valence-electron chi connectivity index (χ4n) is 2.84. The van der Waals surface area contributed by atoms with E-state index in [1.807, 2.05) is 31.2 Å². The van der Waals surface area contributed by atoms with Crippen LogP contribution >= 0.6 is 0 Å². The van der Waals surface area contributed by atoms with E-state index in [-0.39, 0.29) is 23.8 Å². The monoisotopic (exact) mass is 320 g/mol. The van der Waals surface area contributed by atoms with Gasteiger partial charge in [0.2, 0.25) is 5.91 Å². The number of benzene rings is 1. The Morgan fingerprint density at radius 3 is 2.48 bits per heavy atom. The van der Waals surface area contributed by atoms with Gasteiger partial charge in [-0.05, 0) is 45.0 Å². The Morgan fingerprint density at radius 2 is 1.87 bits per heavy atom. The fourth-order valence-corrected chi connectivity index (χ4v) is 2.84. The van der Waals surface area contributed by atoms with Crippen LogP contribution in [0.2, 0.25) is 0 Å². The first-order valence-corrected chi connectivity index (χ1v) is 7.82. The number of rotatable bonds is 5. The molecule has 0 radical (unpaired) electrons. The zero-order chi connectivity index (χ0) is 16.8. The van der Waals surface area contributed by atoms with Crippen molar-refractivity contribution >= 4 is 17.6 Å². The second-order valence-electron chi connectivity index (χ2n) is 5.70. The van der Waals surface area contributed by atoms with E-state index in [2.05, 4.69) is 10.2 Å². The molecule has 0 spiro atoms. The zero-order valence-corrected chi connectivity index (χ0v) is 13.9. The Kier molecular flexibility index (Phi) is 5.98. The number of nitrogens with zero attached hydrogens (tertiary/aromatic N) is 1. The zero-order valence-electron chi connectivity index (χ0n) is 13.9. The predicted octanol–water partition coefficient (Wildman–Crippen LogP) is 1.91. The van der Waals surface area contributed by atoms with Gasteiger partial charge in [-0.25, -0.2) is 0 Å². The van der Waals surface area contributed by atoms with Crippen molar-refractivity contribution in [3.05, 3.63) is 24.3 Å². The maximum Gasteiger partial charge on any atom is 0.308 e. The summed E-state index contributed by atoms with van der Waals surface area (Å²) in [5, 5.41) is 2.91. The normalized spacial score (nSPS) is 17.3. The van der Waals surface area contributed by atoms with Gasteiger partial charge in [0.15, 0.2) is 0 Å². The van der Waals surface area contributed by atoms with E-state index in [0.717, 1.165) is 12.8 Å². The topological polar surface area (TPSA) is 67.9 Å². The maximum atomic E-state index is 12.5. The standard InChI is InChI=1S/C17H24N2O4/c1-12(19-10-8-13(9-11-19)17(21)23-3)16(20)18-14-6-4-5-7-15(14)22-2/h4-7,12-13H,8-11H2,1-3H3,(H,18,20). The Balaban J connectivity index is 1.92. The van der Waals surface area contributed by atoms with Crippen LogP contribution in [0, 0.1) is 5.92 Å². The third-order valence-corrected chi connectivity index (χ3v) is 4.36. The molecule has 23 heavy (non-hydrogen) atoms. The summed E-state index contributed by atoms with van der Waals surface area (Å²) in [5.41, 5.74) is 0.663. The van der Waals surface area contributed by atoms with Gasteiger partial charge in [-0.15, -0.1) is 0 Å². The molecule has 126 valence electrons. The molecule has 1 N–H and O–H groups in total. The van der Waals surface area contributed by atoms with Crippen molar-refractivity contribution in [2.75, 3.05) is 32.6 Å². The maximum absolute atomic E-state index is 12.5. The van der Waals surface area contributed by atoms with Crippen molar-refractivity contribution in [1.82, 2.24) is 4.90 Å². The molecule has 0 bridgehead atoms. The molecule has 1 unspecified atom stereocenters. The summed E-state index contributed by atoms with van der Waals surface area (Å²) in [6, 6.07) is 7.06. The van der Waals surface area contributed by atoms with Crippen LogP contribution in [0.1, 0.15) is 19.8 Å². The molecular formula is C17H24N2O4. The summed E-state index contributed by atoms with van der Waals surface area (Å²) in [5.74, 6) is 0.347. The highest BCUT2D eigenvalue weighted by atomic mass is 16.5. The summed E-state index contributed by atoms with van der Waals surface area (Å²) < 4.78 is 10.0. The fraction of sp³-hybridized carbons (Fsp3) is 0.529. The van der Waals surface area contributed by atoms with Gasteiger partial charge in [0.25, 0.3) is 0 Å². The minimum atomic E-state index is -0.265. The van der Waals surface area contributed by atoms with Gasteiger partial charge < -0.3 is 14.8 Å². The van der Waals surface area contributed by atoms with E-state index in [1.165, 1.54) is 7.11 Å². The number of carbonyl (C=O) groups is 2. The lowest BCUT2D eigenvalue weighted by Crippen LogP contribution is -2.47. The first kappa shape index (κ1) is 17.3. The number of para-hydroxylation sites is 2. The van der Waals surface area contributed by atoms with Gasteiger partial charge in [0, 0.05) is 0 Å². The molecule has 0 saturated carbocycles. The summed E-state index contributed by atoms with van der Waals surface area (Å²) in [4.78, 5) is 26.1. The van der Waals surface area contributed by atoms with E-state index in [4.69, 9.17) is 9.47 Å². The van der Waals surface area contributed by atoms with Crippen LogP contribution in [0.3, 0.4) is 0 Å². The first-order chi connectivity index (χ1) is 11.1. The van der Waals surface area contributed by atoms with Crippen molar-refractivity contribution < 1.29 is 19.1 Å². The van der Waals surface area contributed by atoms with E-state index < -0.39 is 0 Å². The molecule has 1 fully saturated rings. The van der Waals surface area contributed by atoms with Crippen LogP contribution in [0.5, 0.6) is 5.75 Å². The predicted molar refractivity (Wildman–Crippen MR) is 87.4 cm³/mol. The van der Waals surface area contributed by atoms with E-state index >= 15 is 0 Å². The summed E-state index contributed by atoms with van der Waals surface area (Å²) in [7, 11) is 2.99. The molecule has 1 saturated heterocycles. The van der Waals surface area contributed by atoms with Crippen LogP contribution in [0.4, 0.5) is 5.69 Å². The highest BCUT2D eigenvalue weighted by Gasteiger charge is 2.30. The second kappa shape index (κ2) is 7.97. The summed E-state index contributed by atoms with van der Waals surface area (Å²) in [6.45, 7) is 3.30. The Bertz CT molecular complexity index is 553. The third kappa shape index (κ3) is 4.22. The van der Waals surface area contributed by atoms with Crippen molar-refractivity contribution in [2.24, 2.45) is 5.92 Å². The van der Waals surface area contributed by atoms with Crippen LogP contribution in [0.25, 0.3) is 0 Å². The van der Waals surface area contributed by atoms with Gasteiger partial charge in [-0.2, -0.15) is 0 Å². The SMILES string of the molecule is COC(=O)C1CCN(C(C)C(=O)Nc2ccccc2OC)CC1. The lowest BCUT2D eigenvalue weighted by Gasteiger charge is -2.34. The van der Waals surface area contributed by atoms with Crippen LogP contribution in [-0.2, 0) is 14.3 Å². The van der Waals surface area contributed by atoms with E-state index in [1.54, 1.807) is 7.11 Å². The van der Waals surface area contributed by atoms with E-state index in [0.29, 0.717) is 24.5 Å². The number of nitrogens with one attached hydrogen (secondary N) is 1. The van der Waals surface area contributed by atoms with Crippen LogP contribution < -0.4 is 10.1 Å². The molecule has 1 aromatic carbocycles. The Morgan fingerprint density at radius 1 is 1.22 bits per heavy atom. The number of amides is 1. The van der Waals surface area contributed by atoms with E-state index in [9.17, 15) is 9.59 Å². The minimum Gasteiger partial charge on any atom is -0.495 e. The molecular weight excluding hydrogens is 296 g/mol. The van der Waals surface area contributed by atoms with Gasteiger partial charge in [0.05, 0.1) is 31.9 Å². The average Bonchev–Trinajstić information content (AvgIpc) is 2.61. The number of hydrogen-bond donors (Lipinski definition) is 1. The van der Waals surface area contributed by atoms with Crippen molar-refractivity contribution in [3.63, 3.8) is 0 Å². The summed E-state index contributed by atoms with van der Waals surface area (Å²) >= 11 is 0. The second-order valence-corrected chi connectivity index (χ2v) is 5.70. The number of likely N-dealkylation sites (tertiary alicyclic amines) is 1. The van der Waals surface area contributed by atoms with Crippen LogP contribution in [0.15, 0.2) is 24.3 Å². The Hall–Kier alpha value is -2.08. The molecule has 6 nitrogen and oxygen atoms in total. The number of piperidine rings is 1. The molecule has 1 aliphatic heterocycles. The number of esters is 1. The van der Waals surface area contributed by atoms with Crippen molar-refractivity contribution in [3.8, 4) is 5.75 Å². The number of anilines is 1. The smallest absolute Gasteiger partial charge is 0.308 e. The molecule has 1 aromatic rings. The molecule has 2 rings (SSSR count). The lowest BCUT2D eigenvalue weighted by molar-refractivity contribution is -0.147. The summed E-state index contributed by atoms with van der Waals surface area (Å²) in [6.07, 6.45) is 1.44. The molecule has 1 aliphatic rings. The number of hydrogen-bond acceptors (Lipinski definition) is 5. The third-order valence-electron chi connectivity index (χ3n) is 4.36.